The Hall–Kier alpha value is -2.07. The van der Waals surface area contributed by atoms with Gasteiger partial charge >= 0.3 is 0 Å². The van der Waals surface area contributed by atoms with Gasteiger partial charge in [0.1, 0.15) is 11.5 Å². The highest BCUT2D eigenvalue weighted by Gasteiger charge is 2.18. The number of hydrogen-bond donors (Lipinski definition) is 1. The predicted molar refractivity (Wildman–Crippen MR) is 82.7 cm³/mol. The monoisotopic (exact) mass is 286 g/mol. The molecule has 0 spiro atoms. The van der Waals surface area contributed by atoms with Crippen LogP contribution in [0, 0.1) is 6.92 Å². The Balaban J connectivity index is 1.83. The fraction of sp³-hybridized carbons (Fsp3) is 0.353. The van der Waals surface area contributed by atoms with Crippen molar-refractivity contribution in [3.8, 4) is 0 Å². The number of likely N-dealkylation sites (N-methyl/N-ethyl adjacent to an activating group) is 1. The summed E-state index contributed by atoms with van der Waals surface area (Å²) < 4.78 is 5.54. The summed E-state index contributed by atoms with van der Waals surface area (Å²) in [5.74, 6) is 1.78. The Bertz CT molecular complexity index is 577. The first-order chi connectivity index (χ1) is 10.1. The molecule has 0 saturated heterocycles. The van der Waals surface area contributed by atoms with Crippen LogP contribution in [0.15, 0.2) is 46.9 Å². The highest BCUT2D eigenvalue weighted by Crippen LogP contribution is 2.10. The van der Waals surface area contributed by atoms with E-state index >= 15 is 0 Å². The van der Waals surface area contributed by atoms with Gasteiger partial charge in [-0.25, -0.2) is 0 Å². The van der Waals surface area contributed by atoms with Crippen LogP contribution in [0.2, 0.25) is 0 Å². The summed E-state index contributed by atoms with van der Waals surface area (Å²) in [6.45, 7) is 4.99. The van der Waals surface area contributed by atoms with E-state index in [1.54, 1.807) is 0 Å². The minimum absolute atomic E-state index is 0.0182. The molecule has 0 aliphatic carbocycles. The molecule has 4 heteroatoms. The van der Waals surface area contributed by atoms with Crippen LogP contribution in [0.25, 0.3) is 0 Å². The fourth-order valence-corrected chi connectivity index (χ4v) is 2.09. The summed E-state index contributed by atoms with van der Waals surface area (Å²) >= 11 is 0. The average Bonchev–Trinajstić information content (AvgIpc) is 2.90. The van der Waals surface area contributed by atoms with Crippen molar-refractivity contribution in [2.45, 2.75) is 33.0 Å². The maximum Gasteiger partial charge on any atom is 0.237 e. The summed E-state index contributed by atoms with van der Waals surface area (Å²) in [5.41, 5.74) is 1.10. The molecule has 2 rings (SSSR count). The normalized spacial score (nSPS) is 12.4. The quantitative estimate of drug-likeness (QED) is 0.888. The van der Waals surface area contributed by atoms with Crippen molar-refractivity contribution >= 4 is 5.91 Å². The van der Waals surface area contributed by atoms with Crippen molar-refractivity contribution in [2.24, 2.45) is 0 Å². The van der Waals surface area contributed by atoms with E-state index in [4.69, 9.17) is 4.42 Å². The third-order valence-electron chi connectivity index (χ3n) is 3.55. The molecule has 1 aromatic heterocycles. The average molecular weight is 286 g/mol. The lowest BCUT2D eigenvalue weighted by Gasteiger charge is -2.22. The number of carbonyl (C=O) groups excluding carboxylic acids is 1. The van der Waals surface area contributed by atoms with Gasteiger partial charge < -0.3 is 9.73 Å². The van der Waals surface area contributed by atoms with Gasteiger partial charge in [-0.1, -0.05) is 30.3 Å². The molecule has 1 heterocycles. The first kappa shape index (κ1) is 15.3. The maximum atomic E-state index is 12.2. The molecule has 21 heavy (non-hydrogen) atoms. The smallest absolute Gasteiger partial charge is 0.237 e. The zero-order valence-corrected chi connectivity index (χ0v) is 12.8. The minimum Gasteiger partial charge on any atom is -0.465 e. The van der Waals surface area contributed by atoms with E-state index in [0.717, 1.165) is 17.1 Å². The van der Waals surface area contributed by atoms with Gasteiger partial charge in [0.05, 0.1) is 12.6 Å². The molecule has 1 N–H and O–H groups in total. The second-order valence-corrected chi connectivity index (χ2v) is 5.31. The van der Waals surface area contributed by atoms with E-state index in [9.17, 15) is 4.79 Å². The minimum atomic E-state index is -0.209. The van der Waals surface area contributed by atoms with Crippen LogP contribution in [-0.4, -0.2) is 23.9 Å². The molecule has 0 fully saturated rings. The van der Waals surface area contributed by atoms with Crippen molar-refractivity contribution in [2.75, 3.05) is 7.05 Å². The van der Waals surface area contributed by atoms with E-state index in [1.165, 1.54) is 0 Å². The van der Waals surface area contributed by atoms with Crippen LogP contribution >= 0.6 is 0 Å². The molecule has 4 nitrogen and oxygen atoms in total. The van der Waals surface area contributed by atoms with Crippen LogP contribution in [0.5, 0.6) is 0 Å². The van der Waals surface area contributed by atoms with E-state index < -0.39 is 0 Å². The van der Waals surface area contributed by atoms with Gasteiger partial charge in [-0.05, 0) is 38.6 Å². The van der Waals surface area contributed by atoms with Crippen LogP contribution in [0.3, 0.4) is 0 Å². The van der Waals surface area contributed by atoms with Crippen molar-refractivity contribution in [3.05, 3.63) is 59.5 Å². The van der Waals surface area contributed by atoms with Crippen molar-refractivity contribution < 1.29 is 9.21 Å². The highest BCUT2D eigenvalue weighted by atomic mass is 16.3. The molecule has 0 radical (unpaired) electrons. The van der Waals surface area contributed by atoms with Gasteiger partial charge in [0.15, 0.2) is 0 Å². The highest BCUT2D eigenvalue weighted by molar-refractivity contribution is 5.81. The van der Waals surface area contributed by atoms with Gasteiger partial charge in [0.25, 0.3) is 0 Å². The first-order valence-corrected chi connectivity index (χ1v) is 7.13. The molecule has 1 amide bonds. The molecule has 0 aliphatic rings. The zero-order chi connectivity index (χ0) is 15.2. The van der Waals surface area contributed by atoms with Gasteiger partial charge in [-0.15, -0.1) is 0 Å². The largest absolute Gasteiger partial charge is 0.465 e. The third-order valence-corrected chi connectivity index (χ3v) is 3.55. The molecule has 0 unspecified atom stereocenters. The van der Waals surface area contributed by atoms with E-state index in [2.05, 4.69) is 5.32 Å². The van der Waals surface area contributed by atoms with E-state index in [-0.39, 0.29) is 11.9 Å². The number of carbonyl (C=O) groups is 1. The first-order valence-electron chi connectivity index (χ1n) is 7.13. The molecule has 2 aromatic rings. The summed E-state index contributed by atoms with van der Waals surface area (Å²) in [7, 11) is 1.92. The van der Waals surface area contributed by atoms with Gasteiger partial charge in [0, 0.05) is 6.54 Å². The van der Waals surface area contributed by atoms with E-state index in [0.29, 0.717) is 13.1 Å². The molecule has 0 bridgehead atoms. The van der Waals surface area contributed by atoms with Crippen molar-refractivity contribution in [1.82, 2.24) is 10.2 Å². The Morgan fingerprint density at radius 2 is 1.95 bits per heavy atom. The molecule has 0 saturated carbocycles. The topological polar surface area (TPSA) is 45.5 Å². The molecule has 1 atom stereocenters. The van der Waals surface area contributed by atoms with Crippen LogP contribution in [0.4, 0.5) is 0 Å². The summed E-state index contributed by atoms with van der Waals surface area (Å²) in [5, 5.41) is 2.96. The number of hydrogen-bond acceptors (Lipinski definition) is 3. The lowest BCUT2D eigenvalue weighted by atomic mass is 10.2. The van der Waals surface area contributed by atoms with Crippen LogP contribution < -0.4 is 5.32 Å². The van der Waals surface area contributed by atoms with Crippen molar-refractivity contribution in [3.63, 3.8) is 0 Å². The molecule has 112 valence electrons. The lowest BCUT2D eigenvalue weighted by Crippen LogP contribution is -2.42. The number of nitrogens with zero attached hydrogens (tertiary/aromatic N) is 1. The number of furan rings is 1. The second-order valence-electron chi connectivity index (χ2n) is 5.31. The number of aryl methyl sites for hydroxylation is 1. The molecular formula is C17H22N2O2. The SMILES string of the molecule is Cc1ccc(CN(C)[C@H](C)C(=O)NCc2ccccc2)o1. The Labute approximate surface area is 125 Å². The molecular weight excluding hydrogens is 264 g/mol. The fourth-order valence-electron chi connectivity index (χ4n) is 2.09. The number of benzene rings is 1. The molecule has 1 aromatic carbocycles. The molecule has 0 aliphatic heterocycles. The van der Waals surface area contributed by atoms with Gasteiger partial charge in [-0.3, -0.25) is 9.69 Å². The Morgan fingerprint density at radius 1 is 1.24 bits per heavy atom. The Morgan fingerprint density at radius 3 is 2.57 bits per heavy atom. The number of rotatable bonds is 6. The van der Waals surface area contributed by atoms with E-state index in [1.807, 2.05) is 68.3 Å². The van der Waals surface area contributed by atoms with Crippen LogP contribution in [-0.2, 0) is 17.9 Å². The van der Waals surface area contributed by atoms with Gasteiger partial charge in [0.2, 0.25) is 5.91 Å². The number of amides is 1. The zero-order valence-electron chi connectivity index (χ0n) is 12.8. The Kier molecular flexibility index (Phi) is 5.17. The summed E-state index contributed by atoms with van der Waals surface area (Å²) in [6.07, 6.45) is 0. The van der Waals surface area contributed by atoms with Crippen molar-refractivity contribution in [1.29, 1.82) is 0 Å². The number of nitrogens with one attached hydrogen (secondary N) is 1. The standard InChI is InChI=1S/C17H22N2O2/c1-13-9-10-16(21-13)12-19(3)14(2)17(20)18-11-15-7-5-4-6-8-15/h4-10,14H,11-12H2,1-3H3,(H,18,20)/t14-/m1/s1. The lowest BCUT2D eigenvalue weighted by molar-refractivity contribution is -0.125. The predicted octanol–water partition coefficient (Wildman–Crippen LogP) is 2.72. The third kappa shape index (κ3) is 4.46. The van der Waals surface area contributed by atoms with Crippen LogP contribution in [0.1, 0.15) is 24.0 Å². The summed E-state index contributed by atoms with van der Waals surface area (Å²) in [4.78, 5) is 14.1. The summed E-state index contributed by atoms with van der Waals surface area (Å²) in [6, 6.07) is 13.6. The maximum absolute atomic E-state index is 12.2. The van der Waals surface area contributed by atoms with Gasteiger partial charge in [-0.2, -0.15) is 0 Å². The second kappa shape index (κ2) is 7.09.